The number of phenolic OH excluding ortho intramolecular Hbond substituents is 1. The number of rotatable bonds is 2. The van der Waals surface area contributed by atoms with E-state index in [4.69, 9.17) is 10.8 Å². The molecule has 0 radical (unpaired) electrons. The minimum Gasteiger partial charge on any atom is -0.506 e. The first kappa shape index (κ1) is 13.3. The Hall–Kier alpha value is -0.790. The summed E-state index contributed by atoms with van der Waals surface area (Å²) < 4.78 is 37.9. The van der Waals surface area contributed by atoms with E-state index in [-0.39, 0.29) is 4.47 Å². The molecule has 0 fully saturated rings. The van der Waals surface area contributed by atoms with E-state index in [9.17, 15) is 18.3 Å². The molecule has 1 aromatic rings. The SMILES string of the molecule is N[C@@H](CO)c1c(C(F)(F)F)ccc(Br)c1O. The van der Waals surface area contributed by atoms with Crippen molar-refractivity contribution < 1.29 is 23.4 Å². The van der Waals surface area contributed by atoms with E-state index < -0.39 is 35.7 Å². The van der Waals surface area contributed by atoms with E-state index >= 15 is 0 Å². The van der Waals surface area contributed by atoms with Crippen molar-refractivity contribution in [1.29, 1.82) is 0 Å². The number of alkyl halides is 3. The monoisotopic (exact) mass is 299 g/mol. The van der Waals surface area contributed by atoms with E-state index in [0.29, 0.717) is 0 Å². The van der Waals surface area contributed by atoms with E-state index in [0.717, 1.165) is 12.1 Å². The van der Waals surface area contributed by atoms with Crippen LogP contribution in [0.4, 0.5) is 13.2 Å². The van der Waals surface area contributed by atoms with E-state index in [1.807, 2.05) is 0 Å². The Balaban J connectivity index is 3.45. The molecule has 0 unspecified atom stereocenters. The Morgan fingerprint density at radius 3 is 2.38 bits per heavy atom. The van der Waals surface area contributed by atoms with Gasteiger partial charge < -0.3 is 15.9 Å². The smallest absolute Gasteiger partial charge is 0.416 e. The van der Waals surface area contributed by atoms with Crippen LogP contribution in [0.3, 0.4) is 0 Å². The Morgan fingerprint density at radius 1 is 1.38 bits per heavy atom. The molecule has 0 amide bonds. The Labute approximate surface area is 97.8 Å². The molecule has 0 aliphatic heterocycles. The first-order valence-electron chi connectivity index (χ1n) is 4.24. The van der Waals surface area contributed by atoms with Gasteiger partial charge in [0.15, 0.2) is 0 Å². The minimum atomic E-state index is -4.62. The molecule has 0 aromatic heterocycles. The number of aliphatic hydroxyl groups is 1. The van der Waals surface area contributed by atoms with E-state index in [1.54, 1.807) is 0 Å². The number of phenols is 1. The van der Waals surface area contributed by atoms with Gasteiger partial charge in [-0.1, -0.05) is 0 Å². The first-order chi connectivity index (χ1) is 7.29. The van der Waals surface area contributed by atoms with Crippen molar-refractivity contribution in [3.8, 4) is 5.75 Å². The summed E-state index contributed by atoms with van der Waals surface area (Å²) in [6.45, 7) is -0.687. The van der Waals surface area contributed by atoms with Gasteiger partial charge in [0.2, 0.25) is 0 Å². The molecular weight excluding hydrogens is 291 g/mol. The van der Waals surface area contributed by atoms with Crippen LogP contribution in [0, 0.1) is 0 Å². The summed E-state index contributed by atoms with van der Waals surface area (Å²) in [5.41, 5.74) is 3.77. The molecule has 0 aliphatic carbocycles. The summed E-state index contributed by atoms with van der Waals surface area (Å²) in [5.74, 6) is -0.601. The fraction of sp³-hybridized carbons (Fsp3) is 0.333. The lowest BCUT2D eigenvalue weighted by Gasteiger charge is -2.18. The molecule has 3 nitrogen and oxygen atoms in total. The molecule has 0 saturated carbocycles. The van der Waals surface area contributed by atoms with Crippen LogP contribution in [0.2, 0.25) is 0 Å². The fourth-order valence-electron chi connectivity index (χ4n) is 1.30. The zero-order valence-electron chi connectivity index (χ0n) is 7.92. The Morgan fingerprint density at radius 2 is 1.94 bits per heavy atom. The highest BCUT2D eigenvalue weighted by Gasteiger charge is 2.36. The third-order valence-electron chi connectivity index (χ3n) is 2.04. The normalized spacial score (nSPS) is 13.9. The van der Waals surface area contributed by atoms with Crippen molar-refractivity contribution in [1.82, 2.24) is 0 Å². The summed E-state index contributed by atoms with van der Waals surface area (Å²) >= 11 is 2.89. The highest BCUT2D eigenvalue weighted by molar-refractivity contribution is 9.10. The van der Waals surface area contributed by atoms with Crippen molar-refractivity contribution in [3.05, 3.63) is 27.7 Å². The van der Waals surface area contributed by atoms with Gasteiger partial charge in [-0.3, -0.25) is 0 Å². The van der Waals surface area contributed by atoms with Gasteiger partial charge in [-0.15, -0.1) is 0 Å². The second-order valence-electron chi connectivity index (χ2n) is 3.14. The number of nitrogens with two attached hydrogens (primary N) is 1. The fourth-order valence-corrected chi connectivity index (χ4v) is 1.64. The van der Waals surface area contributed by atoms with Crippen LogP contribution in [-0.2, 0) is 6.18 Å². The van der Waals surface area contributed by atoms with Crippen LogP contribution in [0.15, 0.2) is 16.6 Å². The van der Waals surface area contributed by atoms with Crippen molar-refractivity contribution in [3.63, 3.8) is 0 Å². The molecule has 0 bridgehead atoms. The molecule has 0 heterocycles. The van der Waals surface area contributed by atoms with Crippen LogP contribution in [0.1, 0.15) is 17.2 Å². The van der Waals surface area contributed by atoms with Crippen molar-refractivity contribution in [2.24, 2.45) is 5.73 Å². The Bertz CT molecular complexity index is 395. The predicted molar refractivity (Wildman–Crippen MR) is 54.8 cm³/mol. The van der Waals surface area contributed by atoms with Crippen molar-refractivity contribution in [2.45, 2.75) is 12.2 Å². The van der Waals surface area contributed by atoms with E-state index in [1.165, 1.54) is 0 Å². The summed E-state index contributed by atoms with van der Waals surface area (Å²) in [6.07, 6.45) is -4.62. The molecule has 7 heteroatoms. The minimum absolute atomic E-state index is 0.0967. The third kappa shape index (κ3) is 2.47. The second-order valence-corrected chi connectivity index (χ2v) is 4.00. The lowest BCUT2D eigenvalue weighted by Crippen LogP contribution is -2.20. The van der Waals surface area contributed by atoms with Gasteiger partial charge in [0.05, 0.1) is 22.7 Å². The average molecular weight is 300 g/mol. The lowest BCUT2D eigenvalue weighted by atomic mass is 10.00. The first-order valence-corrected chi connectivity index (χ1v) is 5.03. The van der Waals surface area contributed by atoms with E-state index in [2.05, 4.69) is 15.9 Å². The topological polar surface area (TPSA) is 66.5 Å². The van der Waals surface area contributed by atoms with Gasteiger partial charge in [0.25, 0.3) is 0 Å². The maximum Gasteiger partial charge on any atom is 0.416 e. The molecule has 1 aromatic carbocycles. The van der Waals surface area contributed by atoms with Crippen LogP contribution in [0.5, 0.6) is 5.75 Å². The number of halogens is 4. The molecule has 1 atom stereocenters. The number of aliphatic hydroxyl groups excluding tert-OH is 1. The maximum absolute atomic E-state index is 12.6. The molecule has 1 rings (SSSR count). The molecule has 4 N–H and O–H groups in total. The van der Waals surface area contributed by atoms with Gasteiger partial charge in [0.1, 0.15) is 5.75 Å². The summed E-state index contributed by atoms with van der Waals surface area (Å²) in [6, 6.07) is 0.592. The van der Waals surface area contributed by atoms with Gasteiger partial charge in [-0.25, -0.2) is 0 Å². The zero-order chi connectivity index (χ0) is 12.5. The molecule has 16 heavy (non-hydrogen) atoms. The zero-order valence-corrected chi connectivity index (χ0v) is 9.51. The summed E-state index contributed by atoms with van der Waals surface area (Å²) in [7, 11) is 0. The van der Waals surface area contributed by atoms with Crippen molar-refractivity contribution in [2.75, 3.05) is 6.61 Å². The molecule has 90 valence electrons. The molecule has 0 aliphatic rings. The van der Waals surface area contributed by atoms with Crippen LogP contribution in [0.25, 0.3) is 0 Å². The number of aromatic hydroxyl groups is 1. The quantitative estimate of drug-likeness (QED) is 0.784. The molecule has 0 spiro atoms. The molecule has 0 saturated heterocycles. The largest absolute Gasteiger partial charge is 0.506 e. The van der Waals surface area contributed by atoms with Gasteiger partial charge in [-0.2, -0.15) is 13.2 Å². The second kappa shape index (κ2) is 4.60. The lowest BCUT2D eigenvalue weighted by molar-refractivity contribution is -0.138. The number of hydrogen-bond acceptors (Lipinski definition) is 3. The summed E-state index contributed by atoms with van der Waals surface area (Å²) in [5, 5.41) is 18.3. The van der Waals surface area contributed by atoms with Gasteiger partial charge >= 0.3 is 6.18 Å². The van der Waals surface area contributed by atoms with Crippen LogP contribution in [-0.4, -0.2) is 16.8 Å². The highest BCUT2D eigenvalue weighted by atomic mass is 79.9. The maximum atomic E-state index is 12.6. The van der Waals surface area contributed by atoms with Crippen molar-refractivity contribution >= 4 is 15.9 Å². The van der Waals surface area contributed by atoms with Gasteiger partial charge in [0, 0.05) is 5.56 Å². The predicted octanol–water partition coefficient (Wildman–Crippen LogP) is 2.17. The number of benzene rings is 1. The number of hydrogen-bond donors (Lipinski definition) is 3. The standard InChI is InChI=1S/C9H9BrF3NO2/c10-5-2-1-4(9(11,12)13)7(8(5)16)6(14)3-15/h1-2,6,15-16H,3,14H2/t6-/m0/s1. The third-order valence-corrected chi connectivity index (χ3v) is 2.68. The summed E-state index contributed by atoms with van der Waals surface area (Å²) in [4.78, 5) is 0. The highest BCUT2D eigenvalue weighted by Crippen LogP contribution is 2.41. The van der Waals surface area contributed by atoms with Gasteiger partial charge in [-0.05, 0) is 28.1 Å². The average Bonchev–Trinajstić information content (AvgIpc) is 2.19. The van der Waals surface area contributed by atoms with Crippen LogP contribution < -0.4 is 5.73 Å². The molecular formula is C9H9BrF3NO2. The Kier molecular flexibility index (Phi) is 3.82. The van der Waals surface area contributed by atoms with Crippen LogP contribution >= 0.6 is 15.9 Å².